The van der Waals surface area contributed by atoms with Crippen molar-refractivity contribution >= 4 is 29.5 Å². The summed E-state index contributed by atoms with van der Waals surface area (Å²) in [5.41, 5.74) is 4.95. The maximum atomic E-state index is 11.5. The minimum absolute atomic E-state index is 0.121. The zero-order chi connectivity index (χ0) is 14.1. The first kappa shape index (κ1) is 16.8. The Balaban J connectivity index is 4.03. The number of nitrogens with one attached hydrogen (secondary N) is 1. The highest BCUT2D eigenvalue weighted by molar-refractivity contribution is 7.99. The predicted molar refractivity (Wildman–Crippen MR) is 70.2 cm³/mol. The van der Waals surface area contributed by atoms with Gasteiger partial charge in [0.1, 0.15) is 6.04 Å². The van der Waals surface area contributed by atoms with Gasteiger partial charge in [-0.2, -0.15) is 11.8 Å². The van der Waals surface area contributed by atoms with Crippen LogP contribution in [0.2, 0.25) is 0 Å². The number of hydrogen-bond acceptors (Lipinski definition) is 4. The Morgan fingerprint density at radius 3 is 2.44 bits per heavy atom. The molecule has 0 aromatic rings. The highest BCUT2D eigenvalue weighted by Gasteiger charge is 2.24. The number of carbonyl (C=O) groups excluding carboxylic acids is 2. The molecule has 0 fully saturated rings. The van der Waals surface area contributed by atoms with E-state index in [1.54, 1.807) is 6.92 Å². The van der Waals surface area contributed by atoms with Crippen LogP contribution in [0, 0.1) is 5.92 Å². The van der Waals surface area contributed by atoms with E-state index in [0.717, 1.165) is 0 Å². The smallest absolute Gasteiger partial charge is 0.326 e. The van der Waals surface area contributed by atoms with Gasteiger partial charge in [-0.3, -0.25) is 9.59 Å². The fourth-order valence-electron chi connectivity index (χ4n) is 1.27. The first-order valence-corrected chi connectivity index (χ1v) is 6.92. The molecule has 4 N–H and O–H groups in total. The first-order valence-electron chi connectivity index (χ1n) is 5.76. The summed E-state index contributed by atoms with van der Waals surface area (Å²) in [6, 6.07) is -0.858. The van der Waals surface area contributed by atoms with Crippen molar-refractivity contribution in [1.29, 1.82) is 0 Å². The molecule has 2 atom stereocenters. The van der Waals surface area contributed by atoms with Gasteiger partial charge in [-0.25, -0.2) is 4.79 Å². The van der Waals surface area contributed by atoms with Crippen LogP contribution in [0.3, 0.4) is 0 Å². The van der Waals surface area contributed by atoms with E-state index in [1.165, 1.54) is 11.8 Å². The van der Waals surface area contributed by atoms with Crippen LogP contribution in [-0.4, -0.2) is 40.4 Å². The molecule has 0 rings (SSSR count). The highest BCUT2D eigenvalue weighted by atomic mass is 32.2. The minimum atomic E-state index is -1.03. The van der Waals surface area contributed by atoms with Crippen LogP contribution in [0.25, 0.3) is 0 Å². The van der Waals surface area contributed by atoms with Crippen molar-refractivity contribution in [2.24, 2.45) is 11.7 Å². The van der Waals surface area contributed by atoms with Crippen LogP contribution >= 0.6 is 11.8 Å². The molecular weight excluding hydrogens is 256 g/mol. The summed E-state index contributed by atoms with van der Waals surface area (Å²) in [5, 5.41) is 11.5. The molecule has 0 saturated heterocycles. The van der Waals surface area contributed by atoms with Crippen LogP contribution in [0.4, 0.5) is 0 Å². The molecule has 2 amide bonds. The van der Waals surface area contributed by atoms with Gasteiger partial charge in [0, 0.05) is 12.2 Å². The van der Waals surface area contributed by atoms with E-state index in [9.17, 15) is 14.4 Å². The zero-order valence-electron chi connectivity index (χ0n) is 10.6. The van der Waals surface area contributed by atoms with Gasteiger partial charge in [-0.15, -0.1) is 0 Å². The number of primary amides is 1. The lowest BCUT2D eigenvalue weighted by Crippen LogP contribution is -2.45. The third-order valence-electron chi connectivity index (χ3n) is 2.51. The number of carboxylic acid groups (broad SMARTS) is 1. The molecule has 18 heavy (non-hydrogen) atoms. The lowest BCUT2D eigenvalue weighted by atomic mass is 9.99. The SMILES string of the molecule is CCC(C)C(NC(=O)CCSCC(N)=O)C(=O)O. The normalized spacial score (nSPS) is 13.7. The summed E-state index contributed by atoms with van der Waals surface area (Å²) in [6.45, 7) is 3.65. The van der Waals surface area contributed by atoms with E-state index in [2.05, 4.69) is 5.32 Å². The molecule has 0 heterocycles. The average Bonchev–Trinajstić information content (AvgIpc) is 2.30. The number of nitrogens with two attached hydrogens (primary N) is 1. The topological polar surface area (TPSA) is 109 Å². The van der Waals surface area contributed by atoms with E-state index >= 15 is 0 Å². The van der Waals surface area contributed by atoms with Crippen LogP contribution in [-0.2, 0) is 14.4 Å². The van der Waals surface area contributed by atoms with Crippen LogP contribution < -0.4 is 11.1 Å². The van der Waals surface area contributed by atoms with Crippen molar-refractivity contribution in [1.82, 2.24) is 5.32 Å². The number of rotatable bonds is 9. The van der Waals surface area contributed by atoms with Crippen molar-refractivity contribution < 1.29 is 19.5 Å². The Bertz CT molecular complexity index is 309. The molecule has 0 saturated carbocycles. The quantitative estimate of drug-likeness (QED) is 0.521. The Hall–Kier alpha value is -1.24. The molecule has 0 bridgehead atoms. The number of amides is 2. The third kappa shape index (κ3) is 7.16. The lowest BCUT2D eigenvalue weighted by molar-refractivity contribution is -0.143. The van der Waals surface area contributed by atoms with E-state index in [1.807, 2.05) is 6.92 Å². The zero-order valence-corrected chi connectivity index (χ0v) is 11.5. The van der Waals surface area contributed by atoms with Gasteiger partial charge < -0.3 is 16.2 Å². The number of hydrogen-bond donors (Lipinski definition) is 3. The second-order valence-corrected chi connectivity index (χ2v) is 5.14. The van der Waals surface area contributed by atoms with E-state index in [-0.39, 0.29) is 24.0 Å². The minimum Gasteiger partial charge on any atom is -0.480 e. The summed E-state index contributed by atoms with van der Waals surface area (Å²) in [5.74, 6) is -1.28. The van der Waals surface area contributed by atoms with Crippen LogP contribution in [0.15, 0.2) is 0 Å². The van der Waals surface area contributed by atoms with Gasteiger partial charge in [-0.05, 0) is 5.92 Å². The molecule has 0 radical (unpaired) electrons. The number of carbonyl (C=O) groups is 3. The third-order valence-corrected chi connectivity index (χ3v) is 3.49. The Morgan fingerprint density at radius 2 is 2.00 bits per heavy atom. The van der Waals surface area contributed by atoms with Crippen molar-refractivity contribution in [2.75, 3.05) is 11.5 Å². The number of thioether (sulfide) groups is 1. The molecule has 104 valence electrons. The lowest BCUT2D eigenvalue weighted by Gasteiger charge is -2.19. The summed E-state index contributed by atoms with van der Waals surface area (Å²) < 4.78 is 0. The van der Waals surface area contributed by atoms with E-state index in [4.69, 9.17) is 10.8 Å². The second-order valence-electron chi connectivity index (χ2n) is 4.04. The molecule has 0 aromatic heterocycles. The second kappa shape index (κ2) is 8.79. The van der Waals surface area contributed by atoms with Crippen LogP contribution in [0.1, 0.15) is 26.7 Å². The molecule has 0 aliphatic carbocycles. The molecule has 6 nitrogen and oxygen atoms in total. The first-order chi connectivity index (χ1) is 8.38. The van der Waals surface area contributed by atoms with Gasteiger partial charge in [0.05, 0.1) is 5.75 Å². The maximum absolute atomic E-state index is 11.5. The molecule has 0 aliphatic heterocycles. The molecule has 0 aromatic carbocycles. The standard InChI is InChI=1S/C11H20N2O4S/c1-3-7(2)10(11(16)17)13-9(15)4-5-18-6-8(12)14/h7,10H,3-6H2,1-2H3,(H2,12,14)(H,13,15)(H,16,17). The summed E-state index contributed by atoms with van der Waals surface area (Å²) in [7, 11) is 0. The fraction of sp³-hybridized carbons (Fsp3) is 0.727. The molecular formula is C11H20N2O4S. The van der Waals surface area contributed by atoms with Crippen molar-refractivity contribution in [3.05, 3.63) is 0 Å². The predicted octanol–water partition coefficient (Wildman–Crippen LogP) is 0.211. The maximum Gasteiger partial charge on any atom is 0.326 e. The van der Waals surface area contributed by atoms with Gasteiger partial charge in [0.15, 0.2) is 0 Å². The van der Waals surface area contributed by atoms with Crippen LogP contribution in [0.5, 0.6) is 0 Å². The summed E-state index contributed by atoms with van der Waals surface area (Å²) in [4.78, 5) is 33.0. The largest absolute Gasteiger partial charge is 0.480 e. The van der Waals surface area contributed by atoms with Crippen molar-refractivity contribution in [3.8, 4) is 0 Å². The van der Waals surface area contributed by atoms with E-state index < -0.39 is 17.9 Å². The average molecular weight is 276 g/mol. The Labute approximate surface area is 111 Å². The molecule has 2 unspecified atom stereocenters. The monoisotopic (exact) mass is 276 g/mol. The number of aliphatic carboxylic acids is 1. The van der Waals surface area contributed by atoms with Crippen molar-refractivity contribution in [2.45, 2.75) is 32.7 Å². The Kier molecular flexibility index (Phi) is 8.19. The molecule has 0 aliphatic rings. The molecule has 0 spiro atoms. The van der Waals surface area contributed by atoms with Gasteiger partial charge in [-0.1, -0.05) is 20.3 Å². The van der Waals surface area contributed by atoms with Gasteiger partial charge in [0.2, 0.25) is 11.8 Å². The Morgan fingerprint density at radius 1 is 1.39 bits per heavy atom. The van der Waals surface area contributed by atoms with Crippen molar-refractivity contribution in [3.63, 3.8) is 0 Å². The highest BCUT2D eigenvalue weighted by Crippen LogP contribution is 2.09. The fourth-order valence-corrected chi connectivity index (χ4v) is 1.94. The molecule has 7 heteroatoms. The number of carboxylic acids is 1. The van der Waals surface area contributed by atoms with E-state index in [0.29, 0.717) is 12.2 Å². The van der Waals surface area contributed by atoms with Gasteiger partial charge in [0.25, 0.3) is 0 Å². The summed E-state index contributed by atoms with van der Waals surface area (Å²) >= 11 is 1.26. The van der Waals surface area contributed by atoms with Gasteiger partial charge >= 0.3 is 5.97 Å². The summed E-state index contributed by atoms with van der Waals surface area (Å²) in [6.07, 6.45) is 0.853.